The SMILES string of the molecule is CCN(CC(=O)N(C)C)C(=O)CN1CCCNCC1. The van der Waals surface area contributed by atoms with Gasteiger partial charge in [0.25, 0.3) is 0 Å². The summed E-state index contributed by atoms with van der Waals surface area (Å²) in [6, 6.07) is 0. The fourth-order valence-corrected chi connectivity index (χ4v) is 2.03. The van der Waals surface area contributed by atoms with Crippen molar-refractivity contribution in [2.75, 3.05) is 59.9 Å². The van der Waals surface area contributed by atoms with E-state index in [1.807, 2.05) is 6.92 Å². The lowest BCUT2D eigenvalue weighted by Gasteiger charge is -2.26. The van der Waals surface area contributed by atoms with Crippen LogP contribution in [0.1, 0.15) is 13.3 Å². The molecule has 0 bridgehead atoms. The van der Waals surface area contributed by atoms with Crippen LogP contribution in [0.2, 0.25) is 0 Å². The Morgan fingerprint density at radius 3 is 2.53 bits per heavy atom. The van der Waals surface area contributed by atoms with Crippen molar-refractivity contribution < 1.29 is 9.59 Å². The third-order valence-corrected chi connectivity index (χ3v) is 3.35. The monoisotopic (exact) mass is 270 g/mol. The standard InChI is InChI=1S/C13H26N4O2/c1-4-17(11-12(18)15(2)3)13(19)10-16-8-5-6-14-7-9-16/h14H,4-11H2,1-3H3. The molecule has 0 saturated carbocycles. The lowest BCUT2D eigenvalue weighted by atomic mass is 10.3. The van der Waals surface area contributed by atoms with E-state index in [4.69, 9.17) is 0 Å². The second-order valence-corrected chi connectivity index (χ2v) is 5.08. The van der Waals surface area contributed by atoms with Crippen LogP contribution in [0.15, 0.2) is 0 Å². The summed E-state index contributed by atoms with van der Waals surface area (Å²) in [5, 5.41) is 3.31. The average Bonchev–Trinajstić information content (AvgIpc) is 2.63. The minimum atomic E-state index is -0.0345. The predicted molar refractivity (Wildman–Crippen MR) is 74.9 cm³/mol. The highest BCUT2D eigenvalue weighted by Crippen LogP contribution is 1.99. The quantitative estimate of drug-likeness (QED) is 0.712. The van der Waals surface area contributed by atoms with Gasteiger partial charge in [-0.2, -0.15) is 0 Å². The van der Waals surface area contributed by atoms with Crippen LogP contribution >= 0.6 is 0 Å². The van der Waals surface area contributed by atoms with E-state index in [0.717, 1.165) is 32.6 Å². The molecule has 1 aliphatic rings. The first-order valence-corrected chi connectivity index (χ1v) is 6.95. The smallest absolute Gasteiger partial charge is 0.241 e. The van der Waals surface area contributed by atoms with Gasteiger partial charge in [0.15, 0.2) is 0 Å². The number of hydrogen-bond donors (Lipinski definition) is 1. The lowest BCUT2D eigenvalue weighted by Crippen LogP contribution is -2.45. The van der Waals surface area contributed by atoms with Gasteiger partial charge in [-0.3, -0.25) is 14.5 Å². The molecule has 0 aromatic heterocycles. The molecule has 19 heavy (non-hydrogen) atoms. The fourth-order valence-electron chi connectivity index (χ4n) is 2.03. The first kappa shape index (κ1) is 15.9. The number of nitrogens with zero attached hydrogens (tertiary/aromatic N) is 3. The molecule has 6 nitrogen and oxygen atoms in total. The molecule has 0 radical (unpaired) electrons. The minimum absolute atomic E-state index is 0.0345. The molecule has 1 saturated heterocycles. The van der Waals surface area contributed by atoms with Crippen LogP contribution in [-0.2, 0) is 9.59 Å². The number of nitrogens with one attached hydrogen (secondary N) is 1. The summed E-state index contributed by atoms with van der Waals surface area (Å²) in [6.45, 7) is 6.85. The molecule has 110 valence electrons. The molecule has 1 N–H and O–H groups in total. The molecule has 1 heterocycles. The molecule has 0 aromatic carbocycles. The van der Waals surface area contributed by atoms with Crippen molar-refractivity contribution in [2.24, 2.45) is 0 Å². The normalized spacial score (nSPS) is 16.8. The van der Waals surface area contributed by atoms with E-state index >= 15 is 0 Å². The van der Waals surface area contributed by atoms with E-state index in [1.165, 1.54) is 4.90 Å². The number of carbonyl (C=O) groups excluding carboxylic acids is 2. The summed E-state index contributed by atoms with van der Waals surface area (Å²) in [6.07, 6.45) is 1.07. The second-order valence-electron chi connectivity index (χ2n) is 5.08. The maximum atomic E-state index is 12.2. The number of amides is 2. The Morgan fingerprint density at radius 2 is 1.89 bits per heavy atom. The minimum Gasteiger partial charge on any atom is -0.347 e. The molecular weight excluding hydrogens is 244 g/mol. The maximum absolute atomic E-state index is 12.2. The van der Waals surface area contributed by atoms with Gasteiger partial charge in [0.05, 0.1) is 13.1 Å². The van der Waals surface area contributed by atoms with Crippen molar-refractivity contribution in [1.29, 1.82) is 0 Å². The Labute approximate surface area is 115 Å². The molecular formula is C13H26N4O2. The third-order valence-electron chi connectivity index (χ3n) is 3.35. The van der Waals surface area contributed by atoms with Crippen molar-refractivity contribution in [3.8, 4) is 0 Å². The molecule has 0 unspecified atom stereocenters. The van der Waals surface area contributed by atoms with Crippen molar-refractivity contribution in [1.82, 2.24) is 20.0 Å². The van der Waals surface area contributed by atoms with Gasteiger partial charge in [-0.25, -0.2) is 0 Å². The van der Waals surface area contributed by atoms with Gasteiger partial charge in [0.1, 0.15) is 0 Å². The number of rotatable bonds is 5. The number of carbonyl (C=O) groups is 2. The van der Waals surface area contributed by atoms with Gasteiger partial charge >= 0.3 is 0 Å². The maximum Gasteiger partial charge on any atom is 0.241 e. The highest BCUT2D eigenvalue weighted by molar-refractivity contribution is 5.85. The largest absolute Gasteiger partial charge is 0.347 e. The van der Waals surface area contributed by atoms with Gasteiger partial charge in [-0.05, 0) is 26.4 Å². The molecule has 0 aromatic rings. The molecule has 1 fully saturated rings. The van der Waals surface area contributed by atoms with E-state index in [9.17, 15) is 9.59 Å². The summed E-state index contributed by atoms with van der Waals surface area (Å²) in [5.74, 6) is 0.00679. The average molecular weight is 270 g/mol. The highest BCUT2D eigenvalue weighted by atomic mass is 16.2. The van der Waals surface area contributed by atoms with Crippen molar-refractivity contribution in [2.45, 2.75) is 13.3 Å². The Morgan fingerprint density at radius 1 is 1.16 bits per heavy atom. The van der Waals surface area contributed by atoms with Gasteiger partial charge in [0.2, 0.25) is 11.8 Å². The summed E-state index contributed by atoms with van der Waals surface area (Å²) in [5.41, 5.74) is 0. The molecule has 2 amide bonds. The van der Waals surface area contributed by atoms with Gasteiger partial charge < -0.3 is 15.1 Å². The van der Waals surface area contributed by atoms with E-state index in [0.29, 0.717) is 13.1 Å². The van der Waals surface area contributed by atoms with E-state index in [-0.39, 0.29) is 18.4 Å². The summed E-state index contributed by atoms with van der Waals surface area (Å²) >= 11 is 0. The zero-order chi connectivity index (χ0) is 14.3. The Balaban J connectivity index is 2.46. The first-order chi connectivity index (χ1) is 9.04. The van der Waals surface area contributed by atoms with Crippen LogP contribution in [-0.4, -0.2) is 86.4 Å². The van der Waals surface area contributed by atoms with Gasteiger partial charge in [0, 0.05) is 33.7 Å². The highest BCUT2D eigenvalue weighted by Gasteiger charge is 2.19. The Hall–Kier alpha value is -1.14. The Bertz CT molecular complexity index is 299. The molecule has 1 rings (SSSR count). The topological polar surface area (TPSA) is 55.9 Å². The van der Waals surface area contributed by atoms with Crippen LogP contribution in [0.3, 0.4) is 0 Å². The molecule has 0 atom stereocenters. The number of likely N-dealkylation sites (N-methyl/N-ethyl adjacent to an activating group) is 2. The van der Waals surface area contributed by atoms with Crippen LogP contribution in [0, 0.1) is 0 Å². The first-order valence-electron chi connectivity index (χ1n) is 6.95. The summed E-state index contributed by atoms with van der Waals surface area (Å²) in [4.78, 5) is 29.2. The zero-order valence-electron chi connectivity index (χ0n) is 12.3. The second kappa shape index (κ2) is 8.12. The van der Waals surface area contributed by atoms with Crippen LogP contribution in [0.5, 0.6) is 0 Å². The van der Waals surface area contributed by atoms with Crippen LogP contribution in [0.25, 0.3) is 0 Å². The van der Waals surface area contributed by atoms with Crippen molar-refractivity contribution in [3.63, 3.8) is 0 Å². The van der Waals surface area contributed by atoms with Crippen LogP contribution < -0.4 is 5.32 Å². The zero-order valence-corrected chi connectivity index (χ0v) is 12.3. The molecule has 0 aliphatic carbocycles. The van der Waals surface area contributed by atoms with E-state index < -0.39 is 0 Å². The third kappa shape index (κ3) is 5.57. The molecule has 6 heteroatoms. The van der Waals surface area contributed by atoms with E-state index in [1.54, 1.807) is 19.0 Å². The van der Waals surface area contributed by atoms with Crippen LogP contribution in [0.4, 0.5) is 0 Å². The summed E-state index contributed by atoms with van der Waals surface area (Å²) < 4.78 is 0. The van der Waals surface area contributed by atoms with Crippen molar-refractivity contribution in [3.05, 3.63) is 0 Å². The fraction of sp³-hybridized carbons (Fsp3) is 0.846. The van der Waals surface area contributed by atoms with Gasteiger partial charge in [-0.1, -0.05) is 0 Å². The predicted octanol–water partition coefficient (Wildman–Crippen LogP) is -0.782. The van der Waals surface area contributed by atoms with E-state index in [2.05, 4.69) is 10.2 Å². The molecule has 1 aliphatic heterocycles. The van der Waals surface area contributed by atoms with Crippen molar-refractivity contribution >= 4 is 11.8 Å². The lowest BCUT2D eigenvalue weighted by molar-refractivity contribution is -0.139. The van der Waals surface area contributed by atoms with Gasteiger partial charge in [-0.15, -0.1) is 0 Å². The summed E-state index contributed by atoms with van der Waals surface area (Å²) in [7, 11) is 3.42. The molecule has 0 spiro atoms. The number of hydrogen-bond acceptors (Lipinski definition) is 4. The Kier molecular flexibility index (Phi) is 6.80.